The van der Waals surface area contributed by atoms with E-state index in [4.69, 9.17) is 0 Å². The van der Waals surface area contributed by atoms with Gasteiger partial charge in [-0.05, 0) is 38.4 Å². The molecule has 0 spiro atoms. The van der Waals surface area contributed by atoms with Crippen molar-refractivity contribution in [1.82, 2.24) is 14.8 Å². The van der Waals surface area contributed by atoms with Crippen LogP contribution < -0.4 is 5.32 Å². The Kier molecular flexibility index (Phi) is 4.10. The van der Waals surface area contributed by atoms with Gasteiger partial charge >= 0.3 is 0 Å². The first-order chi connectivity index (χ1) is 10.2. The summed E-state index contributed by atoms with van der Waals surface area (Å²) in [5.74, 6) is 0.801. The number of pyridine rings is 1. The van der Waals surface area contributed by atoms with Gasteiger partial charge in [-0.1, -0.05) is 12.5 Å². The first kappa shape index (κ1) is 14.3. The summed E-state index contributed by atoms with van der Waals surface area (Å²) in [7, 11) is 1.82. The lowest BCUT2D eigenvalue weighted by atomic mass is 9.97. The Morgan fingerprint density at radius 2 is 2.19 bits per heavy atom. The maximum atomic E-state index is 12.8. The van der Waals surface area contributed by atoms with Crippen LogP contribution in [-0.4, -0.2) is 59.5 Å². The second kappa shape index (κ2) is 6.02. The van der Waals surface area contributed by atoms with Gasteiger partial charge in [0.05, 0.1) is 0 Å². The van der Waals surface area contributed by atoms with Crippen LogP contribution in [0.25, 0.3) is 0 Å². The van der Waals surface area contributed by atoms with Crippen molar-refractivity contribution in [2.24, 2.45) is 0 Å². The van der Waals surface area contributed by atoms with E-state index in [2.05, 4.69) is 22.1 Å². The Morgan fingerprint density at radius 1 is 1.33 bits per heavy atom. The zero-order valence-corrected chi connectivity index (χ0v) is 12.9. The standard InChI is InChI=1S/C16H24N4O/c1-12-10-19-9-4-3-6-13(19)11-20(12)16(21)14-7-5-8-15(17-2)18-14/h5,7-8,12-13H,3-4,6,9-11H2,1-2H3,(H,17,18). The van der Waals surface area contributed by atoms with Crippen LogP contribution in [0.1, 0.15) is 36.7 Å². The second-order valence-corrected chi connectivity index (χ2v) is 6.11. The largest absolute Gasteiger partial charge is 0.373 e. The summed E-state index contributed by atoms with van der Waals surface area (Å²) >= 11 is 0. The molecule has 1 aromatic heterocycles. The first-order valence-electron chi connectivity index (χ1n) is 7.89. The van der Waals surface area contributed by atoms with E-state index >= 15 is 0 Å². The van der Waals surface area contributed by atoms with E-state index in [1.165, 1.54) is 25.8 Å². The summed E-state index contributed by atoms with van der Waals surface area (Å²) in [5, 5.41) is 2.99. The highest BCUT2D eigenvalue weighted by Crippen LogP contribution is 2.25. The van der Waals surface area contributed by atoms with E-state index < -0.39 is 0 Å². The van der Waals surface area contributed by atoms with Crippen LogP contribution in [0.15, 0.2) is 18.2 Å². The summed E-state index contributed by atoms with van der Waals surface area (Å²) in [4.78, 5) is 21.7. The molecule has 2 aliphatic rings. The van der Waals surface area contributed by atoms with Crippen molar-refractivity contribution in [2.45, 2.75) is 38.3 Å². The van der Waals surface area contributed by atoms with Crippen molar-refractivity contribution in [3.05, 3.63) is 23.9 Å². The molecule has 3 rings (SSSR count). The maximum absolute atomic E-state index is 12.8. The fraction of sp³-hybridized carbons (Fsp3) is 0.625. The number of hydrogen-bond acceptors (Lipinski definition) is 4. The first-order valence-corrected chi connectivity index (χ1v) is 7.89. The molecular weight excluding hydrogens is 264 g/mol. The van der Waals surface area contributed by atoms with Gasteiger partial charge in [-0.3, -0.25) is 9.69 Å². The molecule has 5 heteroatoms. The molecule has 0 radical (unpaired) electrons. The minimum absolute atomic E-state index is 0.0600. The third-order valence-corrected chi connectivity index (χ3v) is 4.67. The molecule has 2 fully saturated rings. The number of anilines is 1. The van der Waals surface area contributed by atoms with Gasteiger partial charge in [-0.25, -0.2) is 4.98 Å². The molecule has 0 bridgehead atoms. The molecule has 2 saturated heterocycles. The normalized spacial score (nSPS) is 26.3. The number of piperidine rings is 1. The van der Waals surface area contributed by atoms with Gasteiger partial charge in [-0.15, -0.1) is 0 Å². The van der Waals surface area contributed by atoms with Crippen molar-refractivity contribution in [2.75, 3.05) is 32.0 Å². The number of piperazine rings is 1. The van der Waals surface area contributed by atoms with Gasteiger partial charge < -0.3 is 10.2 Å². The zero-order valence-electron chi connectivity index (χ0n) is 12.9. The van der Waals surface area contributed by atoms with Crippen molar-refractivity contribution in [3.8, 4) is 0 Å². The number of aromatic nitrogens is 1. The molecule has 3 heterocycles. The number of hydrogen-bond donors (Lipinski definition) is 1. The summed E-state index contributed by atoms with van der Waals surface area (Å²) in [6, 6.07) is 6.36. The van der Waals surface area contributed by atoms with Crippen LogP contribution >= 0.6 is 0 Å². The Hall–Kier alpha value is -1.62. The molecule has 2 unspecified atom stereocenters. The number of fused-ring (bicyclic) bond motifs is 1. The topological polar surface area (TPSA) is 48.5 Å². The lowest BCUT2D eigenvalue weighted by Crippen LogP contribution is -2.60. The molecule has 1 aromatic rings. The van der Waals surface area contributed by atoms with Crippen LogP contribution in [0.3, 0.4) is 0 Å². The van der Waals surface area contributed by atoms with Gasteiger partial charge in [0.1, 0.15) is 11.5 Å². The maximum Gasteiger partial charge on any atom is 0.272 e. The summed E-state index contributed by atoms with van der Waals surface area (Å²) in [6.45, 7) is 5.16. The van der Waals surface area contributed by atoms with Crippen molar-refractivity contribution < 1.29 is 4.79 Å². The fourth-order valence-corrected chi connectivity index (χ4v) is 3.48. The Bertz CT molecular complexity index is 519. The van der Waals surface area contributed by atoms with Crippen molar-refractivity contribution in [3.63, 3.8) is 0 Å². The lowest BCUT2D eigenvalue weighted by molar-refractivity contribution is 0.0148. The second-order valence-electron chi connectivity index (χ2n) is 6.11. The summed E-state index contributed by atoms with van der Waals surface area (Å²) in [6.07, 6.45) is 3.79. The van der Waals surface area contributed by atoms with E-state index in [1.807, 2.05) is 30.1 Å². The highest BCUT2D eigenvalue weighted by molar-refractivity contribution is 5.93. The Labute approximate surface area is 126 Å². The van der Waals surface area contributed by atoms with Gasteiger partial charge in [-0.2, -0.15) is 0 Å². The van der Waals surface area contributed by atoms with Crippen LogP contribution in [0.4, 0.5) is 5.82 Å². The molecule has 21 heavy (non-hydrogen) atoms. The molecule has 0 aliphatic carbocycles. The number of rotatable bonds is 2. The highest BCUT2D eigenvalue weighted by Gasteiger charge is 2.35. The molecule has 0 aromatic carbocycles. The van der Waals surface area contributed by atoms with Crippen molar-refractivity contribution in [1.29, 1.82) is 0 Å². The zero-order chi connectivity index (χ0) is 14.8. The van der Waals surface area contributed by atoms with Crippen LogP contribution in [0.5, 0.6) is 0 Å². The quantitative estimate of drug-likeness (QED) is 0.902. The summed E-state index contributed by atoms with van der Waals surface area (Å²) in [5.41, 5.74) is 0.540. The fourth-order valence-electron chi connectivity index (χ4n) is 3.48. The van der Waals surface area contributed by atoms with E-state index in [9.17, 15) is 4.79 Å². The predicted octanol–water partition coefficient (Wildman–Crippen LogP) is 1.82. The molecule has 114 valence electrons. The molecule has 0 saturated carbocycles. The van der Waals surface area contributed by atoms with Crippen LogP contribution in [0, 0.1) is 0 Å². The molecule has 1 amide bonds. The van der Waals surface area contributed by atoms with Crippen LogP contribution in [-0.2, 0) is 0 Å². The number of carbonyl (C=O) groups excluding carboxylic acids is 1. The number of amides is 1. The predicted molar refractivity (Wildman–Crippen MR) is 83.5 cm³/mol. The third-order valence-electron chi connectivity index (χ3n) is 4.67. The average molecular weight is 288 g/mol. The minimum atomic E-state index is 0.0600. The van der Waals surface area contributed by atoms with Gasteiger partial charge in [0.2, 0.25) is 0 Å². The molecule has 2 atom stereocenters. The van der Waals surface area contributed by atoms with E-state index in [-0.39, 0.29) is 11.9 Å². The smallest absolute Gasteiger partial charge is 0.272 e. The van der Waals surface area contributed by atoms with Gasteiger partial charge in [0.25, 0.3) is 5.91 Å². The van der Waals surface area contributed by atoms with E-state index in [0.29, 0.717) is 11.7 Å². The third kappa shape index (κ3) is 2.88. The number of nitrogens with one attached hydrogen (secondary N) is 1. The Balaban J connectivity index is 1.77. The van der Waals surface area contributed by atoms with E-state index in [1.54, 1.807) is 0 Å². The molecular formula is C16H24N4O. The minimum Gasteiger partial charge on any atom is -0.373 e. The number of nitrogens with zero attached hydrogens (tertiary/aromatic N) is 3. The van der Waals surface area contributed by atoms with E-state index in [0.717, 1.165) is 18.9 Å². The molecule has 1 N–H and O–H groups in total. The summed E-state index contributed by atoms with van der Waals surface area (Å²) < 4.78 is 0. The van der Waals surface area contributed by atoms with Crippen molar-refractivity contribution >= 4 is 11.7 Å². The molecule has 5 nitrogen and oxygen atoms in total. The molecule has 2 aliphatic heterocycles. The number of carbonyl (C=O) groups is 1. The highest BCUT2D eigenvalue weighted by atomic mass is 16.2. The van der Waals surface area contributed by atoms with Gasteiger partial charge in [0, 0.05) is 32.2 Å². The van der Waals surface area contributed by atoms with Crippen LogP contribution in [0.2, 0.25) is 0 Å². The monoisotopic (exact) mass is 288 g/mol. The SMILES string of the molecule is CNc1cccc(C(=O)N2CC3CCCCN3CC2C)n1. The van der Waals surface area contributed by atoms with Gasteiger partial charge in [0.15, 0.2) is 0 Å². The lowest BCUT2D eigenvalue weighted by Gasteiger charge is -2.47. The average Bonchev–Trinajstić information content (AvgIpc) is 2.53. The Morgan fingerprint density at radius 3 is 3.00 bits per heavy atom.